The first kappa shape index (κ1) is 13.2. The van der Waals surface area contributed by atoms with E-state index in [1.807, 2.05) is 7.85 Å². The van der Waals surface area contributed by atoms with Crippen LogP contribution in [0.5, 0.6) is 0 Å². The van der Waals surface area contributed by atoms with Gasteiger partial charge in [-0.25, -0.2) is 0 Å². The van der Waals surface area contributed by atoms with Gasteiger partial charge in [-0.05, 0) is 6.42 Å². The van der Waals surface area contributed by atoms with Crippen molar-refractivity contribution in [2.24, 2.45) is 0 Å². The lowest BCUT2D eigenvalue weighted by molar-refractivity contribution is -0.0169. The van der Waals surface area contributed by atoms with Crippen molar-refractivity contribution < 1.29 is 23.1 Å². The number of hydrogen-bond donors (Lipinski definition) is 0. The van der Waals surface area contributed by atoms with Crippen LogP contribution < -0.4 is 0 Å². The smallest absolute Gasteiger partial charge is 0.327 e. The second-order valence-corrected chi connectivity index (χ2v) is 5.91. The van der Waals surface area contributed by atoms with Crippen molar-refractivity contribution in [1.82, 2.24) is 0 Å². The third-order valence-corrected chi connectivity index (χ3v) is 3.78. The van der Waals surface area contributed by atoms with Crippen LogP contribution in [0, 0.1) is 0 Å². The summed E-state index contributed by atoms with van der Waals surface area (Å²) in [5.41, 5.74) is 0. The van der Waals surface area contributed by atoms with Crippen molar-refractivity contribution >= 4 is 15.4 Å². The second kappa shape index (κ2) is 5.46. The van der Waals surface area contributed by atoms with E-state index < -0.39 is 7.60 Å². The van der Waals surface area contributed by atoms with Gasteiger partial charge in [0, 0.05) is 26.9 Å². The molecule has 4 unspecified atom stereocenters. The zero-order chi connectivity index (χ0) is 11.5. The third-order valence-electron chi connectivity index (χ3n) is 2.49. The van der Waals surface area contributed by atoms with Gasteiger partial charge in [-0.2, -0.15) is 0 Å². The molecule has 0 radical (unpaired) electrons. The molecule has 0 aromatic heterocycles. The molecule has 1 saturated heterocycles. The zero-order valence-corrected chi connectivity index (χ0v) is 10.5. The highest BCUT2D eigenvalue weighted by atomic mass is 31.2. The normalized spacial score (nSPS) is 35.3. The number of methoxy groups -OCH3 is 1. The molecule has 15 heavy (non-hydrogen) atoms. The van der Waals surface area contributed by atoms with Gasteiger partial charge in [-0.15, -0.1) is 0 Å². The zero-order valence-electron chi connectivity index (χ0n) is 9.63. The molecule has 7 heteroatoms. The second-order valence-electron chi connectivity index (χ2n) is 3.74. The Morgan fingerprint density at radius 3 is 2.73 bits per heavy atom. The molecule has 5 nitrogen and oxygen atoms in total. The molecule has 0 aromatic rings. The lowest BCUT2D eigenvalue weighted by atomic mass is 9.96. The lowest BCUT2D eigenvalue weighted by Gasteiger charge is -2.19. The highest BCUT2D eigenvalue weighted by Crippen LogP contribution is 2.43. The van der Waals surface area contributed by atoms with Crippen LogP contribution in [0.4, 0.5) is 0 Å². The van der Waals surface area contributed by atoms with Gasteiger partial charge in [0.1, 0.15) is 14.0 Å². The van der Waals surface area contributed by atoms with Crippen LogP contribution in [-0.4, -0.2) is 53.5 Å². The van der Waals surface area contributed by atoms with E-state index in [-0.39, 0.29) is 24.8 Å². The molecule has 4 atom stereocenters. The Hall–Kier alpha value is 0.135. The Morgan fingerprint density at radius 2 is 2.20 bits per heavy atom. The van der Waals surface area contributed by atoms with Crippen LogP contribution in [0.2, 0.25) is 0 Å². The summed E-state index contributed by atoms with van der Waals surface area (Å²) in [7, 11) is 2.07. The molecule has 88 valence electrons. The molecule has 1 heterocycles. The molecule has 0 amide bonds. The maximum atomic E-state index is 11.5. The predicted octanol–water partition coefficient (Wildman–Crippen LogP) is 0.235. The van der Waals surface area contributed by atoms with E-state index in [1.54, 1.807) is 7.11 Å². The van der Waals surface area contributed by atoms with Crippen LogP contribution >= 0.6 is 7.60 Å². The molecule has 0 N–H and O–H groups in total. The summed E-state index contributed by atoms with van der Waals surface area (Å²) >= 11 is 0. The maximum absolute atomic E-state index is 11.5. The summed E-state index contributed by atoms with van der Waals surface area (Å²) in [4.78, 5) is 0. The van der Waals surface area contributed by atoms with E-state index in [4.69, 9.17) is 18.5 Å². The van der Waals surface area contributed by atoms with Crippen LogP contribution in [0.1, 0.15) is 6.42 Å². The third kappa shape index (κ3) is 3.89. The van der Waals surface area contributed by atoms with Gasteiger partial charge in [-0.1, -0.05) is 0 Å². The van der Waals surface area contributed by atoms with E-state index in [2.05, 4.69) is 0 Å². The van der Waals surface area contributed by atoms with Gasteiger partial charge in [0.05, 0.1) is 12.7 Å². The summed E-state index contributed by atoms with van der Waals surface area (Å²) in [5, 5.41) is 0. The summed E-state index contributed by atoms with van der Waals surface area (Å²) in [6.07, 6.45) is 0.691. The van der Waals surface area contributed by atoms with Crippen molar-refractivity contribution in [3.05, 3.63) is 0 Å². The molecule has 0 saturated carbocycles. The molecule has 0 bridgehead atoms. The first-order valence-electron chi connectivity index (χ1n) is 4.94. The molecule has 0 aromatic carbocycles. The van der Waals surface area contributed by atoms with Gasteiger partial charge >= 0.3 is 7.60 Å². The van der Waals surface area contributed by atoms with Crippen LogP contribution in [0.25, 0.3) is 0 Å². The van der Waals surface area contributed by atoms with Crippen LogP contribution in [-0.2, 0) is 23.1 Å². The molecule has 0 spiro atoms. The van der Waals surface area contributed by atoms with Gasteiger partial charge in [0.25, 0.3) is 0 Å². The summed E-state index contributed by atoms with van der Waals surface area (Å²) < 4.78 is 32.2. The number of hydrogen-bond acceptors (Lipinski definition) is 5. The summed E-state index contributed by atoms with van der Waals surface area (Å²) in [5.74, 6) is 0. The minimum Gasteiger partial charge on any atom is -0.379 e. The van der Waals surface area contributed by atoms with Gasteiger partial charge < -0.3 is 18.5 Å². The van der Waals surface area contributed by atoms with Crippen LogP contribution in [0.15, 0.2) is 0 Å². The molecule has 1 fully saturated rings. The monoisotopic (exact) mass is 236 g/mol. The van der Waals surface area contributed by atoms with E-state index in [0.29, 0.717) is 0 Å². The van der Waals surface area contributed by atoms with Crippen molar-refractivity contribution in [3.8, 4) is 0 Å². The predicted molar refractivity (Wildman–Crippen MR) is 59.1 cm³/mol. The van der Waals surface area contributed by atoms with Crippen molar-refractivity contribution in [3.63, 3.8) is 0 Å². The van der Waals surface area contributed by atoms with E-state index in [0.717, 1.165) is 6.42 Å². The molecule has 1 aliphatic rings. The van der Waals surface area contributed by atoms with Crippen molar-refractivity contribution in [2.75, 3.05) is 27.5 Å². The van der Waals surface area contributed by atoms with E-state index in [1.165, 1.54) is 13.8 Å². The van der Waals surface area contributed by atoms with E-state index in [9.17, 15) is 4.57 Å². The summed E-state index contributed by atoms with van der Waals surface area (Å²) in [6.45, 7) is 1.68. The molecule has 0 aliphatic carbocycles. The Kier molecular flexibility index (Phi) is 4.80. The quantitative estimate of drug-likeness (QED) is 0.505. The van der Waals surface area contributed by atoms with Crippen molar-refractivity contribution in [1.29, 1.82) is 0 Å². The highest BCUT2D eigenvalue weighted by molar-refractivity contribution is 7.52. The minimum absolute atomic E-state index is 0.0110. The van der Waals surface area contributed by atoms with Gasteiger partial charge in [0.15, 0.2) is 0 Å². The molecule has 1 aliphatic heterocycles. The Labute approximate surface area is 91.4 Å². The fourth-order valence-corrected chi connectivity index (χ4v) is 2.10. The Morgan fingerprint density at radius 1 is 1.53 bits per heavy atom. The lowest BCUT2D eigenvalue weighted by Crippen LogP contribution is -2.27. The largest absolute Gasteiger partial charge is 0.379 e. The fraction of sp³-hybridized carbons (Fsp3) is 1.00. The number of ether oxygens (including phenoxy) is 2. The average Bonchev–Trinajstić information content (AvgIpc) is 2.56. The minimum atomic E-state index is -2.92. The SMILES string of the molecule is BC1CC(OC)C(COP(C)(=O)OC)O1. The first-order chi connectivity index (χ1) is 6.98. The van der Waals surface area contributed by atoms with Crippen molar-refractivity contribution in [2.45, 2.75) is 24.6 Å². The topological polar surface area (TPSA) is 54.0 Å². The fourth-order valence-electron chi connectivity index (χ4n) is 1.58. The maximum Gasteiger partial charge on any atom is 0.327 e. The average molecular weight is 236 g/mol. The molecular weight excluding hydrogens is 218 g/mol. The van der Waals surface area contributed by atoms with Crippen LogP contribution in [0.3, 0.4) is 0 Å². The highest BCUT2D eigenvalue weighted by Gasteiger charge is 2.34. The van der Waals surface area contributed by atoms with Gasteiger partial charge in [-0.3, -0.25) is 4.57 Å². The first-order valence-corrected chi connectivity index (χ1v) is 6.93. The van der Waals surface area contributed by atoms with E-state index >= 15 is 0 Å². The summed E-state index contributed by atoms with van der Waals surface area (Å²) in [6, 6.07) is 0.155. The Bertz CT molecular complexity index is 249. The Balaban J connectivity index is 2.41. The number of rotatable bonds is 5. The van der Waals surface area contributed by atoms with Gasteiger partial charge in [0.2, 0.25) is 0 Å². The molecular formula is C8H18BO5P. The standard InChI is InChI=1S/C8H18BO5P/c1-11-6-4-8(9)14-7(6)5-13-15(3,10)12-2/h6-8H,4-5,9H2,1-3H3. The molecule has 1 rings (SSSR count).